The van der Waals surface area contributed by atoms with Gasteiger partial charge in [0.1, 0.15) is 24.2 Å². The molecule has 0 radical (unpaired) electrons. The van der Waals surface area contributed by atoms with Crippen LogP contribution in [-0.4, -0.2) is 25.4 Å². The fourth-order valence-electron chi connectivity index (χ4n) is 2.67. The van der Waals surface area contributed by atoms with E-state index in [-0.39, 0.29) is 12.3 Å². The van der Waals surface area contributed by atoms with Gasteiger partial charge in [-0.25, -0.2) is 15.0 Å². The maximum absolute atomic E-state index is 12.2. The number of benzene rings is 2. The number of amides is 1. The van der Waals surface area contributed by atoms with E-state index in [9.17, 15) is 4.79 Å². The molecule has 0 atom stereocenters. The average molecular weight is 406 g/mol. The summed E-state index contributed by atoms with van der Waals surface area (Å²) in [6, 6.07) is 16.0. The normalized spacial score (nSPS) is 10.5. The molecule has 0 aliphatic rings. The van der Waals surface area contributed by atoms with Crippen LogP contribution in [-0.2, 0) is 11.2 Å². The predicted octanol–water partition coefficient (Wildman–Crippen LogP) is 4.29. The molecule has 2 aromatic heterocycles. The standard InChI is InChI=1S/C21H16ClN5O2/c22-18-4-2-1-3-15(18)11-20(28)26-16-5-7-17(8-6-16)29-21-12-19(24-13-25-21)27-10-9-23-14-27/h1-10,12-14H,11H2,(H,26,28). The number of hydrogen-bond donors (Lipinski definition) is 1. The van der Waals surface area contributed by atoms with Gasteiger partial charge in [0.2, 0.25) is 11.8 Å². The van der Waals surface area contributed by atoms with Gasteiger partial charge in [0, 0.05) is 29.2 Å². The maximum atomic E-state index is 12.2. The monoisotopic (exact) mass is 405 g/mol. The van der Waals surface area contributed by atoms with Crippen molar-refractivity contribution in [3.8, 4) is 17.4 Å². The summed E-state index contributed by atoms with van der Waals surface area (Å²) in [5, 5.41) is 3.42. The van der Waals surface area contributed by atoms with E-state index >= 15 is 0 Å². The van der Waals surface area contributed by atoms with Crippen molar-refractivity contribution in [2.45, 2.75) is 6.42 Å². The van der Waals surface area contributed by atoms with Gasteiger partial charge >= 0.3 is 0 Å². The molecule has 4 rings (SSSR count). The van der Waals surface area contributed by atoms with Crippen LogP contribution in [0.15, 0.2) is 79.6 Å². The van der Waals surface area contributed by atoms with E-state index in [0.29, 0.717) is 28.2 Å². The summed E-state index contributed by atoms with van der Waals surface area (Å²) < 4.78 is 7.53. The number of rotatable bonds is 6. The van der Waals surface area contributed by atoms with Gasteiger partial charge in [-0.3, -0.25) is 9.36 Å². The van der Waals surface area contributed by atoms with Crippen LogP contribution in [0.4, 0.5) is 5.69 Å². The lowest BCUT2D eigenvalue weighted by atomic mass is 10.1. The molecule has 0 spiro atoms. The Morgan fingerprint density at radius 2 is 1.93 bits per heavy atom. The van der Waals surface area contributed by atoms with Gasteiger partial charge in [0.15, 0.2) is 0 Å². The number of carbonyl (C=O) groups is 1. The molecule has 7 nitrogen and oxygen atoms in total. The van der Waals surface area contributed by atoms with Gasteiger partial charge < -0.3 is 10.1 Å². The first-order valence-corrected chi connectivity index (χ1v) is 9.17. The summed E-state index contributed by atoms with van der Waals surface area (Å²) in [6.45, 7) is 0. The fraction of sp³-hybridized carbons (Fsp3) is 0.0476. The van der Waals surface area contributed by atoms with Crippen molar-refractivity contribution in [1.29, 1.82) is 0 Å². The summed E-state index contributed by atoms with van der Waals surface area (Å²) >= 11 is 6.10. The zero-order valence-corrected chi connectivity index (χ0v) is 16.0. The molecule has 0 fully saturated rings. The van der Waals surface area contributed by atoms with Crippen LogP contribution >= 0.6 is 11.6 Å². The first-order chi connectivity index (χ1) is 14.2. The number of carbonyl (C=O) groups excluding carboxylic acids is 1. The topological polar surface area (TPSA) is 81.9 Å². The molecule has 144 valence electrons. The SMILES string of the molecule is O=C(Cc1ccccc1Cl)Nc1ccc(Oc2cc(-n3ccnc3)ncn2)cc1. The minimum atomic E-state index is -0.146. The summed E-state index contributed by atoms with van der Waals surface area (Å²) in [5.74, 6) is 1.49. The molecule has 2 aromatic carbocycles. The van der Waals surface area contributed by atoms with Gasteiger partial charge in [-0.15, -0.1) is 0 Å². The van der Waals surface area contributed by atoms with Crippen LogP contribution < -0.4 is 10.1 Å². The Labute approximate surface area is 172 Å². The summed E-state index contributed by atoms with van der Waals surface area (Å²) in [7, 11) is 0. The predicted molar refractivity (Wildman–Crippen MR) is 109 cm³/mol. The van der Waals surface area contributed by atoms with E-state index in [1.807, 2.05) is 18.2 Å². The van der Waals surface area contributed by atoms with E-state index < -0.39 is 0 Å². The van der Waals surface area contributed by atoms with Crippen LogP contribution in [0, 0.1) is 0 Å². The van der Waals surface area contributed by atoms with E-state index in [0.717, 1.165) is 5.56 Å². The summed E-state index contributed by atoms with van der Waals surface area (Å²) in [4.78, 5) is 24.5. The molecule has 1 N–H and O–H groups in total. The number of anilines is 1. The lowest BCUT2D eigenvalue weighted by Crippen LogP contribution is -2.14. The van der Waals surface area contributed by atoms with Crippen LogP contribution in [0.5, 0.6) is 11.6 Å². The summed E-state index contributed by atoms with van der Waals surface area (Å²) in [6.07, 6.45) is 6.73. The molecule has 0 aliphatic carbocycles. The Morgan fingerprint density at radius 1 is 1.10 bits per heavy atom. The maximum Gasteiger partial charge on any atom is 0.228 e. The van der Waals surface area contributed by atoms with Crippen molar-refractivity contribution >= 4 is 23.2 Å². The number of ether oxygens (including phenoxy) is 1. The Bertz CT molecular complexity index is 1110. The molecule has 0 bridgehead atoms. The van der Waals surface area contributed by atoms with E-state index in [1.54, 1.807) is 59.7 Å². The molecule has 0 saturated carbocycles. The number of halogens is 1. The second-order valence-corrected chi connectivity index (χ2v) is 6.53. The molecule has 0 aliphatic heterocycles. The number of aromatic nitrogens is 4. The Balaban J connectivity index is 1.39. The van der Waals surface area contributed by atoms with Gasteiger partial charge in [-0.05, 0) is 35.9 Å². The first kappa shape index (κ1) is 18.6. The Hall–Kier alpha value is -3.71. The third-order valence-corrected chi connectivity index (χ3v) is 4.43. The molecular weight excluding hydrogens is 390 g/mol. The highest BCUT2D eigenvalue weighted by Crippen LogP contribution is 2.23. The van der Waals surface area contributed by atoms with E-state index in [2.05, 4.69) is 20.3 Å². The van der Waals surface area contributed by atoms with Crippen molar-refractivity contribution in [2.75, 3.05) is 5.32 Å². The lowest BCUT2D eigenvalue weighted by molar-refractivity contribution is -0.115. The molecule has 0 saturated heterocycles. The second-order valence-electron chi connectivity index (χ2n) is 6.13. The highest BCUT2D eigenvalue weighted by molar-refractivity contribution is 6.31. The Kier molecular flexibility index (Phi) is 5.49. The summed E-state index contributed by atoms with van der Waals surface area (Å²) in [5.41, 5.74) is 1.44. The van der Waals surface area contributed by atoms with Crippen LogP contribution in [0.1, 0.15) is 5.56 Å². The lowest BCUT2D eigenvalue weighted by Gasteiger charge is -2.09. The minimum Gasteiger partial charge on any atom is -0.439 e. The fourth-order valence-corrected chi connectivity index (χ4v) is 2.87. The quantitative estimate of drug-likeness (QED) is 0.517. The highest BCUT2D eigenvalue weighted by atomic mass is 35.5. The number of nitrogens with zero attached hydrogens (tertiary/aromatic N) is 4. The van der Waals surface area contributed by atoms with Crippen molar-refractivity contribution in [1.82, 2.24) is 19.5 Å². The average Bonchev–Trinajstić information content (AvgIpc) is 3.26. The number of nitrogens with one attached hydrogen (secondary N) is 1. The highest BCUT2D eigenvalue weighted by Gasteiger charge is 2.08. The second kappa shape index (κ2) is 8.53. The van der Waals surface area contributed by atoms with Crippen LogP contribution in [0.3, 0.4) is 0 Å². The van der Waals surface area contributed by atoms with Crippen molar-refractivity contribution in [2.24, 2.45) is 0 Å². The van der Waals surface area contributed by atoms with Crippen LogP contribution in [0.25, 0.3) is 5.82 Å². The third kappa shape index (κ3) is 4.77. The molecule has 0 unspecified atom stereocenters. The number of hydrogen-bond acceptors (Lipinski definition) is 5. The van der Waals surface area contributed by atoms with Crippen molar-refractivity contribution < 1.29 is 9.53 Å². The van der Waals surface area contributed by atoms with Crippen molar-refractivity contribution in [3.63, 3.8) is 0 Å². The van der Waals surface area contributed by atoms with E-state index in [1.165, 1.54) is 6.33 Å². The third-order valence-electron chi connectivity index (χ3n) is 4.07. The number of imidazole rings is 1. The van der Waals surface area contributed by atoms with Gasteiger partial charge in [-0.2, -0.15) is 0 Å². The van der Waals surface area contributed by atoms with Crippen LogP contribution in [0.2, 0.25) is 5.02 Å². The van der Waals surface area contributed by atoms with Crippen molar-refractivity contribution in [3.05, 3.63) is 90.2 Å². The van der Waals surface area contributed by atoms with Gasteiger partial charge in [-0.1, -0.05) is 29.8 Å². The minimum absolute atomic E-state index is 0.146. The molecule has 1 amide bonds. The molecule has 4 aromatic rings. The first-order valence-electron chi connectivity index (χ1n) is 8.79. The molecule has 8 heteroatoms. The molecule has 2 heterocycles. The van der Waals surface area contributed by atoms with Gasteiger partial charge in [0.05, 0.1) is 6.42 Å². The zero-order chi connectivity index (χ0) is 20.1. The zero-order valence-electron chi connectivity index (χ0n) is 15.2. The van der Waals surface area contributed by atoms with Gasteiger partial charge in [0.25, 0.3) is 0 Å². The largest absolute Gasteiger partial charge is 0.439 e. The molecule has 29 heavy (non-hydrogen) atoms. The van der Waals surface area contributed by atoms with E-state index in [4.69, 9.17) is 16.3 Å². The smallest absolute Gasteiger partial charge is 0.228 e. The molecular formula is C21H16ClN5O2. The Morgan fingerprint density at radius 3 is 2.69 bits per heavy atom.